The van der Waals surface area contributed by atoms with E-state index in [1.54, 1.807) is 0 Å². The molecule has 0 bridgehead atoms. The van der Waals surface area contributed by atoms with Crippen molar-refractivity contribution >= 4 is 11.6 Å². The van der Waals surface area contributed by atoms with Crippen LogP contribution in [0.2, 0.25) is 0 Å². The molecule has 3 rings (SSSR count). The minimum atomic E-state index is -0.673. The maximum Gasteiger partial charge on any atom is 0.232 e. The highest BCUT2D eigenvalue weighted by Crippen LogP contribution is 2.39. The van der Waals surface area contributed by atoms with Gasteiger partial charge >= 0.3 is 0 Å². The molecule has 0 saturated heterocycles. The van der Waals surface area contributed by atoms with E-state index in [4.69, 9.17) is 0 Å². The number of anilines is 1. The first-order valence-corrected chi connectivity index (χ1v) is 7.45. The molecule has 1 N–H and O–H groups in total. The average molecular weight is 279 g/mol. The Balaban J connectivity index is 1.73. The Hall–Kier alpha value is -1.45. The second-order valence-electron chi connectivity index (χ2n) is 5.98. The number of carbonyl (C=O) groups excluding carboxylic acids is 1. The molecule has 1 aromatic carbocycles. The molecule has 0 radical (unpaired) electrons. The van der Waals surface area contributed by atoms with Crippen LogP contribution in [-0.2, 0) is 4.79 Å². The van der Waals surface area contributed by atoms with E-state index in [9.17, 15) is 13.6 Å². The predicted molar refractivity (Wildman–Crippen MR) is 73.5 cm³/mol. The van der Waals surface area contributed by atoms with Gasteiger partial charge in [-0.25, -0.2) is 8.78 Å². The number of amides is 1. The smallest absolute Gasteiger partial charge is 0.232 e. The fourth-order valence-electron chi connectivity index (χ4n) is 3.52. The van der Waals surface area contributed by atoms with Crippen LogP contribution in [0.3, 0.4) is 0 Å². The zero-order valence-corrected chi connectivity index (χ0v) is 11.4. The lowest BCUT2D eigenvalue weighted by atomic mass is 9.83. The van der Waals surface area contributed by atoms with Gasteiger partial charge in [0.05, 0.1) is 11.6 Å². The van der Waals surface area contributed by atoms with Gasteiger partial charge in [-0.15, -0.1) is 0 Å². The second kappa shape index (κ2) is 5.51. The molecule has 0 aromatic heterocycles. The Morgan fingerprint density at radius 2 is 1.85 bits per heavy atom. The maximum absolute atomic E-state index is 13.6. The Morgan fingerprint density at radius 3 is 2.60 bits per heavy atom. The molecule has 1 fully saturated rings. The maximum atomic E-state index is 13.6. The number of benzene rings is 1. The summed E-state index contributed by atoms with van der Waals surface area (Å²) in [5.41, 5.74) is 0.661. The van der Waals surface area contributed by atoms with E-state index >= 15 is 0 Å². The third-order valence-corrected chi connectivity index (χ3v) is 4.61. The molecule has 2 nitrogen and oxygen atoms in total. The number of fused-ring (bicyclic) bond motifs is 1. The van der Waals surface area contributed by atoms with Crippen LogP contribution >= 0.6 is 0 Å². The van der Waals surface area contributed by atoms with Crippen molar-refractivity contribution in [1.29, 1.82) is 0 Å². The fraction of sp³-hybridized carbons (Fsp3) is 0.562. The first kappa shape index (κ1) is 13.5. The summed E-state index contributed by atoms with van der Waals surface area (Å²) in [6.45, 7) is 0. The number of carbonyl (C=O) groups is 1. The van der Waals surface area contributed by atoms with Gasteiger partial charge in [-0.05, 0) is 30.4 Å². The van der Waals surface area contributed by atoms with Gasteiger partial charge in [0.1, 0.15) is 11.6 Å². The number of rotatable bonds is 3. The third kappa shape index (κ3) is 2.56. The van der Waals surface area contributed by atoms with Crippen molar-refractivity contribution in [1.82, 2.24) is 0 Å². The first-order valence-electron chi connectivity index (χ1n) is 7.45. The number of hydrogen-bond acceptors (Lipinski definition) is 1. The quantitative estimate of drug-likeness (QED) is 0.875. The SMILES string of the molecule is O=C1Nc2c(F)cc(F)cc2C1CCC1CCCCC1. The summed E-state index contributed by atoms with van der Waals surface area (Å²) in [6, 6.07) is 2.12. The highest BCUT2D eigenvalue weighted by Gasteiger charge is 2.33. The van der Waals surface area contributed by atoms with E-state index in [-0.39, 0.29) is 11.6 Å². The lowest BCUT2D eigenvalue weighted by Gasteiger charge is -2.22. The van der Waals surface area contributed by atoms with Crippen molar-refractivity contribution in [3.63, 3.8) is 0 Å². The molecule has 20 heavy (non-hydrogen) atoms. The van der Waals surface area contributed by atoms with Crippen LogP contribution in [0.1, 0.15) is 56.4 Å². The summed E-state index contributed by atoms with van der Waals surface area (Å²) in [4.78, 5) is 12.0. The Labute approximate surface area is 117 Å². The van der Waals surface area contributed by atoms with E-state index in [0.29, 0.717) is 17.9 Å². The number of hydrogen-bond donors (Lipinski definition) is 1. The summed E-state index contributed by atoms with van der Waals surface area (Å²) in [5, 5.41) is 2.55. The van der Waals surface area contributed by atoms with E-state index in [2.05, 4.69) is 5.32 Å². The van der Waals surface area contributed by atoms with Gasteiger partial charge in [0, 0.05) is 6.07 Å². The van der Waals surface area contributed by atoms with Gasteiger partial charge in [-0.1, -0.05) is 32.1 Å². The standard InChI is InChI=1S/C16H19F2NO/c17-11-8-13-12(7-6-10-4-2-1-3-5-10)16(20)19-15(13)14(18)9-11/h8-10,12H,1-7H2,(H,19,20). The zero-order valence-electron chi connectivity index (χ0n) is 11.4. The Kier molecular flexibility index (Phi) is 3.72. The van der Waals surface area contributed by atoms with Gasteiger partial charge in [-0.3, -0.25) is 4.79 Å². The molecule has 1 atom stereocenters. The minimum Gasteiger partial charge on any atom is -0.323 e. The Bertz CT molecular complexity index is 523. The zero-order chi connectivity index (χ0) is 14.1. The normalized spacial score (nSPS) is 22.7. The largest absolute Gasteiger partial charge is 0.323 e. The second-order valence-corrected chi connectivity index (χ2v) is 5.98. The number of nitrogens with one attached hydrogen (secondary N) is 1. The van der Waals surface area contributed by atoms with Gasteiger partial charge in [-0.2, -0.15) is 0 Å². The van der Waals surface area contributed by atoms with Crippen molar-refractivity contribution in [3.05, 3.63) is 29.3 Å². The molecule has 0 spiro atoms. The van der Waals surface area contributed by atoms with Crippen LogP contribution in [0.5, 0.6) is 0 Å². The van der Waals surface area contributed by atoms with Crippen molar-refractivity contribution in [3.8, 4) is 0 Å². The van der Waals surface area contributed by atoms with Crippen LogP contribution in [0.15, 0.2) is 12.1 Å². The van der Waals surface area contributed by atoms with Gasteiger partial charge in [0.2, 0.25) is 5.91 Å². The minimum absolute atomic E-state index is 0.171. The molecule has 1 unspecified atom stereocenters. The fourth-order valence-corrected chi connectivity index (χ4v) is 3.52. The highest BCUT2D eigenvalue weighted by molar-refractivity contribution is 6.02. The predicted octanol–water partition coefficient (Wildman–Crippen LogP) is 4.36. The van der Waals surface area contributed by atoms with Crippen molar-refractivity contribution in [2.45, 2.75) is 50.9 Å². The van der Waals surface area contributed by atoms with E-state index in [1.807, 2.05) is 0 Å². The summed E-state index contributed by atoms with van der Waals surface area (Å²) in [6.07, 6.45) is 7.93. The van der Waals surface area contributed by atoms with Gasteiger partial charge < -0.3 is 5.32 Å². The summed E-state index contributed by atoms with van der Waals surface area (Å²) in [5.74, 6) is -1.20. The van der Waals surface area contributed by atoms with Gasteiger partial charge in [0.25, 0.3) is 0 Å². The lowest BCUT2D eigenvalue weighted by Crippen LogP contribution is -2.14. The topological polar surface area (TPSA) is 29.1 Å². The molecule has 1 saturated carbocycles. The van der Waals surface area contributed by atoms with Crippen LogP contribution in [0, 0.1) is 17.6 Å². The van der Waals surface area contributed by atoms with Crippen molar-refractivity contribution < 1.29 is 13.6 Å². The van der Waals surface area contributed by atoms with Crippen molar-refractivity contribution in [2.75, 3.05) is 5.32 Å². The third-order valence-electron chi connectivity index (χ3n) is 4.61. The van der Waals surface area contributed by atoms with Crippen LogP contribution in [-0.4, -0.2) is 5.91 Å². The molecule has 2 aliphatic rings. The molecule has 1 aliphatic carbocycles. The van der Waals surface area contributed by atoms with E-state index in [0.717, 1.165) is 12.5 Å². The first-order chi connectivity index (χ1) is 9.65. The summed E-state index contributed by atoms with van der Waals surface area (Å²) >= 11 is 0. The Morgan fingerprint density at radius 1 is 1.10 bits per heavy atom. The van der Waals surface area contributed by atoms with Crippen LogP contribution < -0.4 is 5.32 Å². The van der Waals surface area contributed by atoms with E-state index in [1.165, 1.54) is 38.2 Å². The molecule has 1 amide bonds. The highest BCUT2D eigenvalue weighted by atomic mass is 19.1. The molecule has 1 aromatic rings. The monoisotopic (exact) mass is 279 g/mol. The lowest BCUT2D eigenvalue weighted by molar-refractivity contribution is -0.117. The average Bonchev–Trinajstić information content (AvgIpc) is 2.74. The van der Waals surface area contributed by atoms with Crippen molar-refractivity contribution in [2.24, 2.45) is 5.92 Å². The molecular formula is C16H19F2NO. The molecule has 1 heterocycles. The molecule has 108 valence electrons. The van der Waals surface area contributed by atoms with Gasteiger partial charge in [0.15, 0.2) is 0 Å². The van der Waals surface area contributed by atoms with Crippen LogP contribution in [0.4, 0.5) is 14.5 Å². The van der Waals surface area contributed by atoms with E-state index < -0.39 is 17.6 Å². The number of halogens is 2. The summed E-state index contributed by atoms with van der Waals surface area (Å²) in [7, 11) is 0. The molecule has 4 heteroatoms. The molecular weight excluding hydrogens is 260 g/mol. The molecule has 1 aliphatic heterocycles. The summed E-state index contributed by atoms with van der Waals surface area (Å²) < 4.78 is 27.0. The van der Waals surface area contributed by atoms with Crippen LogP contribution in [0.25, 0.3) is 0 Å².